The Balaban J connectivity index is 1.87. The maximum absolute atomic E-state index is 12.4. The molecule has 0 bridgehead atoms. The van der Waals surface area contributed by atoms with E-state index in [4.69, 9.17) is 0 Å². The summed E-state index contributed by atoms with van der Waals surface area (Å²) in [5.41, 5.74) is 1.11. The third-order valence-electron chi connectivity index (χ3n) is 4.40. The first kappa shape index (κ1) is 21.9. The Morgan fingerprint density at radius 2 is 2.04 bits per heavy atom. The molecule has 0 fully saturated rings. The summed E-state index contributed by atoms with van der Waals surface area (Å²) in [6.45, 7) is 8.78. The molecule has 2 rings (SSSR count). The highest BCUT2D eigenvalue weighted by atomic mass is 32.2. The van der Waals surface area contributed by atoms with Gasteiger partial charge in [-0.2, -0.15) is 0 Å². The Kier molecular flexibility index (Phi) is 8.46. The van der Waals surface area contributed by atoms with Crippen LogP contribution < -0.4 is 10.6 Å². The summed E-state index contributed by atoms with van der Waals surface area (Å²) < 4.78 is 1.75. The van der Waals surface area contributed by atoms with Gasteiger partial charge in [-0.05, 0) is 38.2 Å². The molecular weight excluding hydrogens is 376 g/mol. The van der Waals surface area contributed by atoms with Crippen LogP contribution in [-0.2, 0) is 11.8 Å². The number of aryl methyl sites for hydroxylation is 1. The fourth-order valence-corrected chi connectivity index (χ4v) is 3.48. The number of carbonyl (C=O) groups excluding carboxylic acids is 2. The van der Waals surface area contributed by atoms with E-state index in [2.05, 4.69) is 46.5 Å². The van der Waals surface area contributed by atoms with E-state index in [0.29, 0.717) is 23.0 Å². The zero-order chi connectivity index (χ0) is 20.5. The van der Waals surface area contributed by atoms with Crippen molar-refractivity contribution in [2.75, 3.05) is 30.7 Å². The minimum Gasteiger partial charge on any atom is -0.350 e. The number of likely N-dealkylation sites (N-methyl/N-ethyl adjacent to an activating group) is 1. The lowest BCUT2D eigenvalue weighted by Gasteiger charge is -2.26. The maximum Gasteiger partial charge on any atom is 0.251 e. The molecule has 152 valence electrons. The minimum atomic E-state index is -0.166. The van der Waals surface area contributed by atoms with Crippen LogP contribution in [0.2, 0.25) is 0 Å². The van der Waals surface area contributed by atoms with Gasteiger partial charge in [-0.25, -0.2) is 0 Å². The highest BCUT2D eigenvalue weighted by Crippen LogP contribution is 2.15. The summed E-state index contributed by atoms with van der Waals surface area (Å²) in [5.74, 6) is -0.103. The number of amides is 2. The lowest BCUT2D eigenvalue weighted by Crippen LogP contribution is -2.42. The standard InChI is InChI=1S/C19H28N6O2S/c1-5-25(6-2)14(3)11-20-18(27)15-8-7-9-16(10-15)22-17(26)12-28-19-23-21-13-24(19)4/h7-10,13-14H,5-6,11-12H2,1-4H3,(H,20,27)(H,22,26). The fraction of sp³-hybridized carbons (Fsp3) is 0.474. The van der Waals surface area contributed by atoms with Crippen molar-refractivity contribution in [3.05, 3.63) is 36.2 Å². The number of nitrogens with zero attached hydrogens (tertiary/aromatic N) is 4. The van der Waals surface area contributed by atoms with Gasteiger partial charge >= 0.3 is 0 Å². The van der Waals surface area contributed by atoms with Crippen LogP contribution in [0.25, 0.3) is 0 Å². The van der Waals surface area contributed by atoms with Crippen molar-refractivity contribution in [1.82, 2.24) is 25.0 Å². The second kappa shape index (κ2) is 10.8. The average molecular weight is 405 g/mol. The summed E-state index contributed by atoms with van der Waals surface area (Å²) in [6.07, 6.45) is 1.59. The number of aromatic nitrogens is 3. The van der Waals surface area contributed by atoms with Crippen molar-refractivity contribution < 1.29 is 9.59 Å². The lowest BCUT2D eigenvalue weighted by atomic mass is 10.1. The molecule has 1 aromatic carbocycles. The zero-order valence-corrected chi connectivity index (χ0v) is 17.6. The Morgan fingerprint density at radius 3 is 2.68 bits per heavy atom. The van der Waals surface area contributed by atoms with Crippen LogP contribution in [0.3, 0.4) is 0 Å². The fourth-order valence-electron chi connectivity index (χ4n) is 2.79. The molecule has 28 heavy (non-hydrogen) atoms. The van der Waals surface area contributed by atoms with Crippen LogP contribution in [0.4, 0.5) is 5.69 Å². The Labute approximate surface area is 170 Å². The Bertz CT molecular complexity index is 790. The maximum atomic E-state index is 12.4. The highest BCUT2D eigenvalue weighted by Gasteiger charge is 2.13. The Morgan fingerprint density at radius 1 is 1.29 bits per heavy atom. The second-order valence-corrected chi connectivity index (χ2v) is 7.36. The second-order valence-electron chi connectivity index (χ2n) is 6.42. The average Bonchev–Trinajstić information content (AvgIpc) is 3.10. The van der Waals surface area contributed by atoms with E-state index in [0.717, 1.165) is 13.1 Å². The molecule has 2 aromatic rings. The van der Waals surface area contributed by atoms with Crippen molar-refractivity contribution in [1.29, 1.82) is 0 Å². The van der Waals surface area contributed by atoms with Crippen molar-refractivity contribution in [2.45, 2.75) is 32.0 Å². The van der Waals surface area contributed by atoms with Crippen LogP contribution in [0.1, 0.15) is 31.1 Å². The van der Waals surface area contributed by atoms with Crippen molar-refractivity contribution >= 4 is 29.3 Å². The molecule has 8 nitrogen and oxygen atoms in total. The minimum absolute atomic E-state index is 0.149. The van der Waals surface area contributed by atoms with E-state index < -0.39 is 0 Å². The SMILES string of the molecule is CCN(CC)C(C)CNC(=O)c1cccc(NC(=O)CSc2nncn2C)c1. The summed E-state index contributed by atoms with van der Waals surface area (Å²) >= 11 is 1.30. The van der Waals surface area contributed by atoms with Crippen molar-refractivity contribution in [2.24, 2.45) is 7.05 Å². The third kappa shape index (κ3) is 6.35. The quantitative estimate of drug-likeness (QED) is 0.589. The van der Waals surface area contributed by atoms with Crippen LogP contribution in [0, 0.1) is 0 Å². The number of nitrogens with one attached hydrogen (secondary N) is 2. The summed E-state index contributed by atoms with van der Waals surface area (Å²) in [5, 5.41) is 14.2. The van der Waals surface area contributed by atoms with Gasteiger partial charge in [0, 0.05) is 30.9 Å². The third-order valence-corrected chi connectivity index (χ3v) is 5.44. The van der Waals surface area contributed by atoms with Crippen molar-refractivity contribution in [3.63, 3.8) is 0 Å². The smallest absolute Gasteiger partial charge is 0.251 e. The first-order valence-electron chi connectivity index (χ1n) is 9.33. The van der Waals surface area contributed by atoms with Gasteiger partial charge in [0.1, 0.15) is 6.33 Å². The molecule has 0 spiro atoms. The number of rotatable bonds is 10. The molecule has 1 heterocycles. The predicted molar refractivity (Wildman–Crippen MR) is 112 cm³/mol. The van der Waals surface area contributed by atoms with Crippen LogP contribution in [-0.4, -0.2) is 62.9 Å². The first-order chi connectivity index (χ1) is 13.4. The van der Waals surface area contributed by atoms with Crippen LogP contribution in [0.15, 0.2) is 35.7 Å². The topological polar surface area (TPSA) is 92.2 Å². The molecule has 0 saturated heterocycles. The van der Waals surface area contributed by atoms with Gasteiger partial charge < -0.3 is 15.2 Å². The monoisotopic (exact) mass is 404 g/mol. The van der Waals surface area contributed by atoms with Gasteiger partial charge in [0.2, 0.25) is 5.91 Å². The molecule has 0 aliphatic rings. The van der Waals surface area contributed by atoms with Gasteiger partial charge in [-0.1, -0.05) is 31.7 Å². The summed E-state index contributed by atoms with van der Waals surface area (Å²) in [7, 11) is 1.82. The lowest BCUT2D eigenvalue weighted by molar-refractivity contribution is -0.113. The molecule has 0 radical (unpaired) electrons. The van der Waals surface area contributed by atoms with Crippen LogP contribution >= 0.6 is 11.8 Å². The number of carbonyl (C=O) groups is 2. The predicted octanol–water partition coefficient (Wildman–Crippen LogP) is 2.01. The molecule has 2 N–H and O–H groups in total. The van der Waals surface area contributed by atoms with E-state index in [1.807, 2.05) is 7.05 Å². The molecule has 0 saturated carbocycles. The molecule has 9 heteroatoms. The molecular formula is C19H28N6O2S. The van der Waals surface area contributed by atoms with E-state index in [1.165, 1.54) is 11.8 Å². The normalized spacial score (nSPS) is 12.0. The first-order valence-corrected chi connectivity index (χ1v) is 10.3. The van der Waals surface area contributed by atoms with Gasteiger partial charge in [-0.15, -0.1) is 10.2 Å². The van der Waals surface area contributed by atoms with E-state index in [9.17, 15) is 9.59 Å². The number of benzene rings is 1. The van der Waals surface area contributed by atoms with E-state index >= 15 is 0 Å². The highest BCUT2D eigenvalue weighted by molar-refractivity contribution is 7.99. The molecule has 2 amide bonds. The molecule has 0 aliphatic heterocycles. The number of thioether (sulfide) groups is 1. The molecule has 1 aromatic heterocycles. The summed E-state index contributed by atoms with van der Waals surface area (Å²) in [4.78, 5) is 26.9. The van der Waals surface area contributed by atoms with E-state index in [-0.39, 0.29) is 23.6 Å². The van der Waals surface area contributed by atoms with Crippen LogP contribution in [0.5, 0.6) is 0 Å². The largest absolute Gasteiger partial charge is 0.350 e. The molecule has 0 aliphatic carbocycles. The van der Waals surface area contributed by atoms with E-state index in [1.54, 1.807) is 35.2 Å². The number of hydrogen-bond donors (Lipinski definition) is 2. The number of hydrogen-bond acceptors (Lipinski definition) is 6. The molecule has 1 unspecified atom stereocenters. The van der Waals surface area contributed by atoms with Gasteiger partial charge in [0.25, 0.3) is 5.91 Å². The van der Waals surface area contributed by atoms with Crippen molar-refractivity contribution in [3.8, 4) is 0 Å². The van der Waals surface area contributed by atoms with Gasteiger partial charge in [0.15, 0.2) is 5.16 Å². The summed E-state index contributed by atoms with van der Waals surface area (Å²) in [6, 6.07) is 7.21. The Hall–Kier alpha value is -2.39. The number of anilines is 1. The van der Waals surface area contributed by atoms with Gasteiger partial charge in [-0.3, -0.25) is 14.5 Å². The van der Waals surface area contributed by atoms with Gasteiger partial charge in [0.05, 0.1) is 5.75 Å². The molecule has 1 atom stereocenters. The zero-order valence-electron chi connectivity index (χ0n) is 16.8.